The molecule has 2 aromatic rings. The van der Waals surface area contributed by atoms with E-state index >= 15 is 0 Å². The zero-order chi connectivity index (χ0) is 19.9. The van der Waals surface area contributed by atoms with E-state index in [1.165, 1.54) is 11.1 Å². The monoisotopic (exact) mass is 385 g/mol. The molecule has 0 spiro atoms. The minimum absolute atomic E-state index is 0.249. The number of nitrogens with zero attached hydrogens (tertiary/aromatic N) is 1. The highest BCUT2D eigenvalue weighted by atomic mass is 19.2. The predicted molar refractivity (Wildman–Crippen MR) is 113 cm³/mol. The van der Waals surface area contributed by atoms with Gasteiger partial charge in [-0.05, 0) is 62.3 Å². The molecule has 28 heavy (non-hydrogen) atoms. The summed E-state index contributed by atoms with van der Waals surface area (Å²) in [6.45, 7) is 6.76. The third-order valence-electron chi connectivity index (χ3n) is 6.13. The molecule has 0 aliphatic heterocycles. The Labute approximate surface area is 168 Å². The van der Waals surface area contributed by atoms with Crippen LogP contribution < -0.4 is 0 Å². The Morgan fingerprint density at radius 2 is 1.61 bits per heavy atom. The Balaban J connectivity index is 1.48. The number of hydrogen-bond donors (Lipinski definition) is 0. The molecule has 3 heteroatoms. The summed E-state index contributed by atoms with van der Waals surface area (Å²) in [5.41, 5.74) is 3.61. The Hall–Kier alpha value is -1.74. The van der Waals surface area contributed by atoms with E-state index in [4.69, 9.17) is 0 Å². The van der Waals surface area contributed by atoms with Gasteiger partial charge in [-0.25, -0.2) is 8.78 Å². The largest absolute Gasteiger partial charge is 0.300 e. The molecular formula is C25H33F2N. The van der Waals surface area contributed by atoms with E-state index in [9.17, 15) is 8.78 Å². The van der Waals surface area contributed by atoms with Crippen molar-refractivity contribution in [1.29, 1.82) is 0 Å². The van der Waals surface area contributed by atoms with E-state index in [-0.39, 0.29) is 5.92 Å². The first-order valence-corrected chi connectivity index (χ1v) is 10.7. The van der Waals surface area contributed by atoms with Gasteiger partial charge in [0.1, 0.15) is 12.3 Å². The molecule has 4 atom stereocenters. The maximum Gasteiger partial charge on any atom is 0.138 e. The molecule has 152 valence electrons. The quantitative estimate of drug-likeness (QED) is 0.476. The lowest BCUT2D eigenvalue weighted by atomic mass is 9.76. The Morgan fingerprint density at radius 1 is 0.929 bits per heavy atom. The fourth-order valence-corrected chi connectivity index (χ4v) is 4.13. The second kappa shape index (κ2) is 10.2. The van der Waals surface area contributed by atoms with Crippen LogP contribution >= 0.6 is 0 Å². The molecule has 0 heterocycles. The van der Waals surface area contributed by atoms with Crippen molar-refractivity contribution in [2.24, 2.45) is 0 Å². The zero-order valence-corrected chi connectivity index (χ0v) is 17.2. The zero-order valence-electron chi connectivity index (χ0n) is 17.2. The number of hydrogen-bond acceptors (Lipinski definition) is 1. The van der Waals surface area contributed by atoms with Crippen molar-refractivity contribution in [1.82, 2.24) is 4.90 Å². The van der Waals surface area contributed by atoms with Crippen LogP contribution in [-0.4, -0.2) is 36.4 Å². The minimum atomic E-state index is -1.32. The lowest BCUT2D eigenvalue weighted by Crippen LogP contribution is -2.38. The SMILES string of the molecule is CCCN(CCc1ccccc1)C(C)CCc1ccc(C2CC(F)C2F)cc1. The van der Waals surface area contributed by atoms with Crippen molar-refractivity contribution in [2.45, 2.75) is 70.3 Å². The Bertz CT molecular complexity index is 700. The summed E-state index contributed by atoms with van der Waals surface area (Å²) in [7, 11) is 0. The molecule has 0 bridgehead atoms. The van der Waals surface area contributed by atoms with Gasteiger partial charge in [0.25, 0.3) is 0 Å². The van der Waals surface area contributed by atoms with Crippen LogP contribution in [0.5, 0.6) is 0 Å². The summed E-state index contributed by atoms with van der Waals surface area (Å²) in [5.74, 6) is -0.249. The minimum Gasteiger partial charge on any atom is -0.300 e. The van der Waals surface area contributed by atoms with Crippen LogP contribution in [0.2, 0.25) is 0 Å². The molecule has 3 rings (SSSR count). The highest BCUT2D eigenvalue weighted by molar-refractivity contribution is 5.29. The molecule has 1 saturated carbocycles. The molecule has 0 saturated heterocycles. The van der Waals surface area contributed by atoms with Crippen molar-refractivity contribution in [3.8, 4) is 0 Å². The molecule has 1 aliphatic rings. The first kappa shape index (κ1) is 21.0. The van der Waals surface area contributed by atoms with Gasteiger partial charge in [-0.2, -0.15) is 0 Å². The average Bonchev–Trinajstić information content (AvgIpc) is 2.74. The van der Waals surface area contributed by atoms with Gasteiger partial charge in [0.2, 0.25) is 0 Å². The van der Waals surface area contributed by atoms with Crippen LogP contribution in [0.15, 0.2) is 54.6 Å². The number of halogens is 2. The van der Waals surface area contributed by atoms with Gasteiger partial charge in [-0.3, -0.25) is 0 Å². The van der Waals surface area contributed by atoms with E-state index in [2.05, 4.69) is 61.2 Å². The standard InChI is InChI=1S/C25H33F2N/c1-3-16-28(17-15-20-7-5-4-6-8-20)19(2)9-10-21-11-13-22(14-12-21)23-18-24(26)25(23)27/h4-8,11-14,19,23-25H,3,9-10,15-18H2,1-2H3. The van der Waals surface area contributed by atoms with E-state index in [0.717, 1.165) is 44.3 Å². The lowest BCUT2D eigenvalue weighted by Gasteiger charge is -2.34. The van der Waals surface area contributed by atoms with Crippen LogP contribution in [-0.2, 0) is 12.8 Å². The van der Waals surface area contributed by atoms with Gasteiger partial charge in [0.15, 0.2) is 0 Å². The van der Waals surface area contributed by atoms with Crippen LogP contribution in [0.25, 0.3) is 0 Å². The highest BCUT2D eigenvalue weighted by Crippen LogP contribution is 2.41. The molecule has 4 unspecified atom stereocenters. The highest BCUT2D eigenvalue weighted by Gasteiger charge is 2.42. The maximum absolute atomic E-state index is 13.6. The van der Waals surface area contributed by atoms with E-state index in [1.807, 2.05) is 12.1 Å². The van der Waals surface area contributed by atoms with E-state index in [0.29, 0.717) is 12.5 Å². The first-order chi connectivity index (χ1) is 13.6. The summed E-state index contributed by atoms with van der Waals surface area (Å²) >= 11 is 0. The van der Waals surface area contributed by atoms with Crippen LogP contribution in [0, 0.1) is 0 Å². The molecule has 0 aromatic heterocycles. The number of alkyl halides is 2. The van der Waals surface area contributed by atoms with Crippen molar-refractivity contribution in [3.63, 3.8) is 0 Å². The summed E-state index contributed by atoms with van der Waals surface area (Å²) in [5, 5.41) is 0. The van der Waals surface area contributed by atoms with E-state index < -0.39 is 12.3 Å². The van der Waals surface area contributed by atoms with Gasteiger partial charge < -0.3 is 4.90 Å². The molecule has 0 N–H and O–H groups in total. The summed E-state index contributed by atoms with van der Waals surface area (Å²) in [6, 6.07) is 19.4. The van der Waals surface area contributed by atoms with Gasteiger partial charge in [0, 0.05) is 18.5 Å². The molecule has 0 radical (unpaired) electrons. The Morgan fingerprint density at radius 3 is 2.21 bits per heavy atom. The average molecular weight is 386 g/mol. The fraction of sp³-hybridized carbons (Fsp3) is 0.520. The van der Waals surface area contributed by atoms with Crippen molar-refractivity contribution in [3.05, 3.63) is 71.3 Å². The van der Waals surface area contributed by atoms with Crippen LogP contribution in [0.1, 0.15) is 55.7 Å². The number of rotatable bonds is 10. The molecule has 1 fully saturated rings. The Kier molecular flexibility index (Phi) is 7.61. The first-order valence-electron chi connectivity index (χ1n) is 10.7. The van der Waals surface area contributed by atoms with E-state index in [1.54, 1.807) is 0 Å². The summed E-state index contributed by atoms with van der Waals surface area (Å²) in [6.07, 6.45) is 2.10. The molecule has 0 amide bonds. The smallest absolute Gasteiger partial charge is 0.138 e. The third kappa shape index (κ3) is 5.41. The number of aryl methyl sites for hydroxylation is 1. The van der Waals surface area contributed by atoms with Gasteiger partial charge in [0.05, 0.1) is 0 Å². The van der Waals surface area contributed by atoms with Crippen molar-refractivity contribution >= 4 is 0 Å². The lowest BCUT2D eigenvalue weighted by molar-refractivity contribution is 0.0428. The van der Waals surface area contributed by atoms with Crippen molar-refractivity contribution in [2.75, 3.05) is 13.1 Å². The van der Waals surface area contributed by atoms with Crippen molar-refractivity contribution < 1.29 is 8.78 Å². The molecule has 2 aromatic carbocycles. The summed E-state index contributed by atoms with van der Waals surface area (Å²) < 4.78 is 26.7. The second-order valence-corrected chi connectivity index (χ2v) is 8.20. The fourth-order valence-electron chi connectivity index (χ4n) is 4.13. The normalized spacial score (nSPS) is 22.8. The summed E-state index contributed by atoms with van der Waals surface area (Å²) in [4.78, 5) is 2.59. The predicted octanol–water partition coefficient (Wildman–Crippen LogP) is 6.13. The third-order valence-corrected chi connectivity index (χ3v) is 6.13. The van der Waals surface area contributed by atoms with Gasteiger partial charge >= 0.3 is 0 Å². The van der Waals surface area contributed by atoms with Gasteiger partial charge in [-0.1, -0.05) is 61.5 Å². The number of benzene rings is 2. The van der Waals surface area contributed by atoms with Gasteiger partial charge in [-0.15, -0.1) is 0 Å². The second-order valence-electron chi connectivity index (χ2n) is 8.20. The molecular weight excluding hydrogens is 352 g/mol. The molecule has 1 nitrogen and oxygen atoms in total. The topological polar surface area (TPSA) is 3.24 Å². The van der Waals surface area contributed by atoms with Crippen LogP contribution in [0.3, 0.4) is 0 Å². The van der Waals surface area contributed by atoms with Crippen LogP contribution in [0.4, 0.5) is 8.78 Å². The molecule has 1 aliphatic carbocycles. The maximum atomic E-state index is 13.6.